The van der Waals surface area contributed by atoms with Crippen LogP contribution in [0.25, 0.3) is 0 Å². The van der Waals surface area contributed by atoms with Gasteiger partial charge in [0.1, 0.15) is 5.03 Å². The summed E-state index contributed by atoms with van der Waals surface area (Å²) in [7, 11) is 0. The Labute approximate surface area is 94.5 Å². The van der Waals surface area contributed by atoms with Crippen LogP contribution in [0.5, 0.6) is 0 Å². The predicted molar refractivity (Wildman–Crippen MR) is 58.0 cm³/mol. The zero-order valence-electron chi connectivity index (χ0n) is 7.27. The number of thiazole rings is 1. The molecule has 0 N–H and O–H groups in total. The zero-order chi connectivity index (χ0) is 9.97. The van der Waals surface area contributed by atoms with Gasteiger partial charge in [0.05, 0.1) is 0 Å². The lowest BCUT2D eigenvalue weighted by molar-refractivity contribution is 0.929. The van der Waals surface area contributed by atoms with Crippen LogP contribution in [0.3, 0.4) is 0 Å². The second-order valence-corrected chi connectivity index (χ2v) is 5.06. The van der Waals surface area contributed by atoms with Crippen molar-refractivity contribution in [2.45, 2.75) is 16.3 Å². The zero-order valence-corrected chi connectivity index (χ0v) is 9.66. The molecule has 0 aromatic carbocycles. The maximum atomic E-state index is 5.62. The highest BCUT2D eigenvalue weighted by atomic mass is 35.5. The summed E-state index contributed by atoms with van der Waals surface area (Å²) in [5.74, 6) is 0. The molecular weight excluding hydrogens is 238 g/mol. The molecule has 0 fully saturated rings. The molecule has 0 saturated heterocycles. The van der Waals surface area contributed by atoms with Gasteiger partial charge in [-0.15, -0.1) is 21.5 Å². The van der Waals surface area contributed by atoms with E-state index in [0.29, 0.717) is 5.15 Å². The Kier molecular flexibility index (Phi) is 3.00. The molecule has 2 aromatic heterocycles. The van der Waals surface area contributed by atoms with E-state index < -0.39 is 0 Å². The largest absolute Gasteiger partial charge is 0.235 e. The van der Waals surface area contributed by atoms with Gasteiger partial charge in [-0.3, -0.25) is 0 Å². The molecule has 72 valence electrons. The molecule has 0 unspecified atom stereocenters. The number of nitrogens with zero attached hydrogens (tertiary/aromatic N) is 3. The molecule has 0 aliphatic heterocycles. The van der Waals surface area contributed by atoms with Crippen LogP contribution in [-0.4, -0.2) is 15.2 Å². The fraction of sp³-hybridized carbons (Fsp3) is 0.125. The summed E-state index contributed by atoms with van der Waals surface area (Å²) in [4.78, 5) is 4.31. The number of aryl methyl sites for hydroxylation is 1. The normalized spacial score (nSPS) is 10.4. The van der Waals surface area contributed by atoms with E-state index in [0.717, 1.165) is 15.1 Å². The first-order valence-corrected chi connectivity index (χ1v) is 5.90. The summed E-state index contributed by atoms with van der Waals surface area (Å²) in [6, 6.07) is 3.55. The van der Waals surface area contributed by atoms with Crippen LogP contribution in [-0.2, 0) is 0 Å². The Morgan fingerprint density at radius 2 is 2.21 bits per heavy atom. The summed E-state index contributed by atoms with van der Waals surface area (Å²) in [5, 5.41) is 10.9. The summed E-state index contributed by atoms with van der Waals surface area (Å²) in [6.45, 7) is 1.97. The first-order chi connectivity index (χ1) is 6.74. The van der Waals surface area contributed by atoms with Crippen LogP contribution in [0.1, 0.15) is 5.69 Å². The van der Waals surface area contributed by atoms with E-state index in [1.165, 1.54) is 11.8 Å². The van der Waals surface area contributed by atoms with Crippen LogP contribution in [0, 0.1) is 6.92 Å². The quantitative estimate of drug-likeness (QED) is 0.813. The van der Waals surface area contributed by atoms with Crippen LogP contribution in [0.15, 0.2) is 26.9 Å². The predicted octanol–water partition coefficient (Wildman–Crippen LogP) is 3.05. The minimum absolute atomic E-state index is 0.407. The van der Waals surface area contributed by atoms with E-state index >= 15 is 0 Å². The number of hydrogen-bond acceptors (Lipinski definition) is 5. The maximum Gasteiger partial charge on any atom is 0.156 e. The van der Waals surface area contributed by atoms with Gasteiger partial charge in [0.2, 0.25) is 0 Å². The Morgan fingerprint density at radius 3 is 2.79 bits per heavy atom. The van der Waals surface area contributed by atoms with Gasteiger partial charge in [0.25, 0.3) is 0 Å². The van der Waals surface area contributed by atoms with Gasteiger partial charge in [0, 0.05) is 11.1 Å². The summed E-state index contributed by atoms with van der Waals surface area (Å²) in [5.41, 5.74) is 1.03. The van der Waals surface area contributed by atoms with E-state index in [-0.39, 0.29) is 0 Å². The van der Waals surface area contributed by atoms with Gasteiger partial charge in [-0.2, -0.15) is 0 Å². The Morgan fingerprint density at radius 1 is 1.36 bits per heavy atom. The van der Waals surface area contributed by atoms with Crippen molar-refractivity contribution in [3.05, 3.63) is 28.4 Å². The molecule has 0 radical (unpaired) electrons. The van der Waals surface area contributed by atoms with Crippen LogP contribution >= 0.6 is 34.7 Å². The van der Waals surface area contributed by atoms with Crippen molar-refractivity contribution in [1.82, 2.24) is 15.2 Å². The number of aromatic nitrogens is 3. The Hall–Kier alpha value is -0.650. The van der Waals surface area contributed by atoms with Gasteiger partial charge < -0.3 is 0 Å². The molecule has 2 rings (SSSR count). The summed E-state index contributed by atoms with van der Waals surface area (Å²) in [6.07, 6.45) is 0. The number of halogens is 1. The first-order valence-electron chi connectivity index (χ1n) is 3.83. The van der Waals surface area contributed by atoms with E-state index in [4.69, 9.17) is 11.6 Å². The Balaban J connectivity index is 2.15. The van der Waals surface area contributed by atoms with Crippen LogP contribution < -0.4 is 0 Å². The first kappa shape index (κ1) is 9.89. The molecular formula is C8H6ClN3S2. The molecule has 6 heteroatoms. The molecule has 2 aromatic rings. The van der Waals surface area contributed by atoms with Crippen molar-refractivity contribution in [3.63, 3.8) is 0 Å². The van der Waals surface area contributed by atoms with E-state index in [9.17, 15) is 0 Å². The van der Waals surface area contributed by atoms with E-state index in [2.05, 4.69) is 15.2 Å². The van der Waals surface area contributed by atoms with Crippen molar-refractivity contribution in [2.24, 2.45) is 0 Å². The number of hydrogen-bond donors (Lipinski definition) is 0. The highest BCUT2D eigenvalue weighted by Gasteiger charge is 2.03. The molecule has 0 aliphatic carbocycles. The van der Waals surface area contributed by atoms with Crippen molar-refractivity contribution in [1.29, 1.82) is 0 Å². The minimum Gasteiger partial charge on any atom is -0.235 e. The molecule has 0 aliphatic rings. The molecule has 0 spiro atoms. The smallest absolute Gasteiger partial charge is 0.156 e. The number of rotatable bonds is 2. The molecule has 0 amide bonds. The summed E-state index contributed by atoms with van der Waals surface area (Å²) >= 11 is 8.71. The van der Waals surface area contributed by atoms with Gasteiger partial charge in [-0.1, -0.05) is 11.6 Å². The molecule has 2 heterocycles. The van der Waals surface area contributed by atoms with Crippen LogP contribution in [0.2, 0.25) is 5.15 Å². The van der Waals surface area contributed by atoms with Crippen molar-refractivity contribution in [2.75, 3.05) is 0 Å². The standard InChI is InChI=1S/C8H6ClN3S2/c1-5-4-13-8(10-5)14-7-3-2-6(9)11-12-7/h2-4H,1H3. The molecule has 0 bridgehead atoms. The lowest BCUT2D eigenvalue weighted by atomic mass is 10.6. The fourth-order valence-electron chi connectivity index (χ4n) is 0.827. The highest BCUT2D eigenvalue weighted by Crippen LogP contribution is 2.28. The van der Waals surface area contributed by atoms with Crippen LogP contribution in [0.4, 0.5) is 0 Å². The fourth-order valence-corrected chi connectivity index (χ4v) is 2.63. The van der Waals surface area contributed by atoms with E-state index in [1.54, 1.807) is 17.4 Å². The molecule has 0 saturated carbocycles. The van der Waals surface area contributed by atoms with Gasteiger partial charge in [-0.25, -0.2) is 4.98 Å². The van der Waals surface area contributed by atoms with Gasteiger partial charge in [-0.05, 0) is 30.8 Å². The SMILES string of the molecule is Cc1csc(Sc2ccc(Cl)nn2)n1. The Bertz CT molecular complexity index is 426. The molecule has 14 heavy (non-hydrogen) atoms. The monoisotopic (exact) mass is 243 g/mol. The second kappa shape index (κ2) is 4.25. The van der Waals surface area contributed by atoms with Crippen molar-refractivity contribution in [3.8, 4) is 0 Å². The van der Waals surface area contributed by atoms with Gasteiger partial charge >= 0.3 is 0 Å². The minimum atomic E-state index is 0.407. The summed E-state index contributed by atoms with van der Waals surface area (Å²) < 4.78 is 0.971. The van der Waals surface area contributed by atoms with Crippen molar-refractivity contribution < 1.29 is 0 Å². The third-order valence-electron chi connectivity index (χ3n) is 1.40. The lowest BCUT2D eigenvalue weighted by Crippen LogP contribution is -1.84. The molecule has 0 atom stereocenters. The topological polar surface area (TPSA) is 38.7 Å². The third kappa shape index (κ3) is 2.43. The average Bonchev–Trinajstić information content (AvgIpc) is 2.56. The highest BCUT2D eigenvalue weighted by molar-refractivity contribution is 8.00. The van der Waals surface area contributed by atoms with E-state index in [1.807, 2.05) is 18.4 Å². The third-order valence-corrected chi connectivity index (χ3v) is 3.58. The molecule has 3 nitrogen and oxygen atoms in total. The lowest BCUT2D eigenvalue weighted by Gasteiger charge is -1.94. The maximum absolute atomic E-state index is 5.62. The van der Waals surface area contributed by atoms with Crippen molar-refractivity contribution >= 4 is 34.7 Å². The average molecular weight is 244 g/mol. The van der Waals surface area contributed by atoms with Gasteiger partial charge in [0.15, 0.2) is 9.49 Å². The second-order valence-electron chi connectivity index (χ2n) is 2.55.